The van der Waals surface area contributed by atoms with E-state index in [2.05, 4.69) is 0 Å². The van der Waals surface area contributed by atoms with Gasteiger partial charge >= 0.3 is 5.97 Å². The second kappa shape index (κ2) is 5.65. The van der Waals surface area contributed by atoms with Gasteiger partial charge in [-0.3, -0.25) is 9.69 Å². The molecule has 2 fully saturated rings. The van der Waals surface area contributed by atoms with Crippen LogP contribution in [-0.4, -0.2) is 46.2 Å². The summed E-state index contributed by atoms with van der Waals surface area (Å²) in [6.07, 6.45) is 0. The van der Waals surface area contributed by atoms with E-state index in [0.717, 1.165) is 11.6 Å². The number of esters is 1. The molecule has 0 N–H and O–H groups in total. The molecule has 2 aliphatic heterocycles. The number of benzene rings is 1. The maximum Gasteiger partial charge on any atom is 0.338 e. The molecule has 3 rings (SSSR count). The number of anilines is 1. The summed E-state index contributed by atoms with van der Waals surface area (Å²) in [5, 5.41) is 0.541. The third kappa shape index (κ3) is 2.40. The van der Waals surface area contributed by atoms with Gasteiger partial charge in [-0.15, -0.1) is 11.8 Å². The summed E-state index contributed by atoms with van der Waals surface area (Å²) in [6, 6.07) is 6.62. The Morgan fingerprint density at radius 2 is 2.14 bits per heavy atom. The lowest BCUT2D eigenvalue weighted by Crippen LogP contribution is -2.32. The monoisotopic (exact) mass is 322 g/mol. The summed E-state index contributed by atoms with van der Waals surface area (Å²) >= 11 is 7.10. The van der Waals surface area contributed by atoms with E-state index in [1.54, 1.807) is 47.9 Å². The van der Waals surface area contributed by atoms with Gasteiger partial charge in [0.15, 0.2) is 5.11 Å². The van der Waals surface area contributed by atoms with Crippen LogP contribution in [0.4, 0.5) is 5.69 Å². The number of amides is 1. The number of ether oxygens (including phenoxy) is 1. The number of hydrogen-bond donors (Lipinski definition) is 0. The lowest BCUT2D eigenvalue weighted by atomic mass is 10.2. The summed E-state index contributed by atoms with van der Waals surface area (Å²) in [5.41, 5.74) is 1.16. The molecule has 1 aromatic rings. The number of thioether (sulfide) groups is 1. The highest BCUT2D eigenvalue weighted by Gasteiger charge is 2.45. The SMILES string of the molecule is CCOC(=O)c1ccc(N2C(=O)[C@H]3CSCN3C2=S)cc1. The number of carbonyl (C=O) groups is 2. The summed E-state index contributed by atoms with van der Waals surface area (Å²) in [7, 11) is 0. The summed E-state index contributed by atoms with van der Waals surface area (Å²) in [5.74, 6) is 1.17. The van der Waals surface area contributed by atoms with Crippen molar-refractivity contribution in [2.75, 3.05) is 23.1 Å². The van der Waals surface area contributed by atoms with Gasteiger partial charge in [-0.05, 0) is 43.4 Å². The first kappa shape index (κ1) is 14.3. The average molecular weight is 322 g/mol. The number of rotatable bonds is 3. The van der Waals surface area contributed by atoms with Crippen LogP contribution >= 0.6 is 24.0 Å². The van der Waals surface area contributed by atoms with Gasteiger partial charge < -0.3 is 9.64 Å². The smallest absolute Gasteiger partial charge is 0.338 e. The minimum Gasteiger partial charge on any atom is -0.462 e. The highest BCUT2D eigenvalue weighted by molar-refractivity contribution is 7.99. The van der Waals surface area contributed by atoms with Crippen LogP contribution < -0.4 is 4.90 Å². The topological polar surface area (TPSA) is 49.9 Å². The minimum atomic E-state index is -0.364. The molecule has 0 unspecified atom stereocenters. The molecule has 0 aliphatic carbocycles. The summed E-state index contributed by atoms with van der Waals surface area (Å²) in [4.78, 5) is 27.5. The van der Waals surface area contributed by atoms with E-state index in [4.69, 9.17) is 17.0 Å². The molecule has 0 spiro atoms. The quantitative estimate of drug-likeness (QED) is 0.625. The molecule has 1 atom stereocenters. The first-order chi connectivity index (χ1) is 10.1. The van der Waals surface area contributed by atoms with Crippen molar-refractivity contribution < 1.29 is 14.3 Å². The van der Waals surface area contributed by atoms with E-state index >= 15 is 0 Å². The minimum absolute atomic E-state index is 0.00823. The molecule has 0 bridgehead atoms. The first-order valence-corrected chi connectivity index (χ1v) is 8.19. The predicted molar refractivity (Wildman–Crippen MR) is 85.4 cm³/mol. The molecule has 0 radical (unpaired) electrons. The number of fused-ring (bicyclic) bond motifs is 1. The van der Waals surface area contributed by atoms with Gasteiger partial charge in [0.25, 0.3) is 5.91 Å². The van der Waals surface area contributed by atoms with Gasteiger partial charge in [0.2, 0.25) is 0 Å². The van der Waals surface area contributed by atoms with Crippen molar-refractivity contribution in [3.63, 3.8) is 0 Å². The second-order valence-electron chi connectivity index (χ2n) is 4.71. The van der Waals surface area contributed by atoms with Crippen molar-refractivity contribution >= 4 is 46.7 Å². The second-order valence-corrected chi connectivity index (χ2v) is 6.07. The first-order valence-electron chi connectivity index (χ1n) is 6.63. The van der Waals surface area contributed by atoms with Crippen LogP contribution in [0.5, 0.6) is 0 Å². The van der Waals surface area contributed by atoms with Gasteiger partial charge in [0.05, 0.1) is 23.7 Å². The van der Waals surface area contributed by atoms with E-state index in [1.165, 1.54) is 0 Å². The molecule has 110 valence electrons. The molecule has 5 nitrogen and oxygen atoms in total. The number of carbonyl (C=O) groups excluding carboxylic acids is 2. The Kier molecular flexibility index (Phi) is 3.86. The van der Waals surface area contributed by atoms with Crippen LogP contribution in [-0.2, 0) is 9.53 Å². The number of nitrogens with zero attached hydrogens (tertiary/aromatic N) is 2. The number of thiocarbonyl (C=S) groups is 1. The molecular weight excluding hydrogens is 308 g/mol. The third-order valence-electron chi connectivity index (χ3n) is 3.46. The van der Waals surface area contributed by atoms with Gasteiger partial charge in [0.1, 0.15) is 6.04 Å². The van der Waals surface area contributed by atoms with Crippen LogP contribution in [0.25, 0.3) is 0 Å². The van der Waals surface area contributed by atoms with E-state index in [1.807, 2.05) is 4.90 Å². The zero-order valence-electron chi connectivity index (χ0n) is 11.4. The fourth-order valence-corrected chi connectivity index (χ4v) is 4.03. The Balaban J connectivity index is 1.83. The Labute approximate surface area is 132 Å². The Hall–Kier alpha value is -1.60. The zero-order chi connectivity index (χ0) is 15.0. The largest absolute Gasteiger partial charge is 0.462 e. The van der Waals surface area contributed by atoms with E-state index in [-0.39, 0.29) is 17.9 Å². The molecule has 21 heavy (non-hydrogen) atoms. The van der Waals surface area contributed by atoms with Crippen molar-refractivity contribution in [3.8, 4) is 0 Å². The summed E-state index contributed by atoms with van der Waals surface area (Å²) < 4.78 is 4.94. The third-order valence-corrected chi connectivity index (χ3v) is 4.89. The van der Waals surface area contributed by atoms with E-state index in [9.17, 15) is 9.59 Å². The Morgan fingerprint density at radius 1 is 1.43 bits per heavy atom. The molecule has 7 heteroatoms. The highest BCUT2D eigenvalue weighted by Crippen LogP contribution is 2.32. The molecular formula is C14H14N2O3S2. The lowest BCUT2D eigenvalue weighted by molar-refractivity contribution is -0.118. The predicted octanol–water partition coefficient (Wildman–Crippen LogP) is 1.87. The maximum absolute atomic E-state index is 12.4. The maximum atomic E-state index is 12.4. The molecule has 2 aliphatic rings. The molecule has 1 amide bonds. The van der Waals surface area contributed by atoms with Crippen molar-refractivity contribution in [1.82, 2.24) is 4.90 Å². The fraction of sp³-hybridized carbons (Fsp3) is 0.357. The van der Waals surface area contributed by atoms with Crippen LogP contribution in [0, 0.1) is 0 Å². The van der Waals surface area contributed by atoms with Crippen molar-refractivity contribution in [1.29, 1.82) is 0 Å². The molecule has 2 heterocycles. The van der Waals surface area contributed by atoms with E-state index in [0.29, 0.717) is 23.0 Å². The molecule has 0 aromatic heterocycles. The van der Waals surface area contributed by atoms with Crippen molar-refractivity contribution in [2.24, 2.45) is 0 Å². The van der Waals surface area contributed by atoms with Gasteiger partial charge in [-0.2, -0.15) is 0 Å². The molecule has 1 aromatic carbocycles. The van der Waals surface area contributed by atoms with Gasteiger partial charge in [-0.25, -0.2) is 4.79 Å². The van der Waals surface area contributed by atoms with Crippen LogP contribution in [0.2, 0.25) is 0 Å². The number of hydrogen-bond acceptors (Lipinski definition) is 5. The molecule has 0 saturated carbocycles. The molecule has 2 saturated heterocycles. The van der Waals surface area contributed by atoms with E-state index < -0.39 is 0 Å². The van der Waals surface area contributed by atoms with Crippen LogP contribution in [0.3, 0.4) is 0 Å². The van der Waals surface area contributed by atoms with Gasteiger partial charge in [0, 0.05) is 5.75 Å². The average Bonchev–Trinajstić information content (AvgIpc) is 3.05. The lowest BCUT2D eigenvalue weighted by Gasteiger charge is -2.18. The zero-order valence-corrected chi connectivity index (χ0v) is 13.1. The normalized spacial score (nSPS) is 20.9. The van der Waals surface area contributed by atoms with Crippen LogP contribution in [0.15, 0.2) is 24.3 Å². The standard InChI is InChI=1S/C14H14N2O3S2/c1-2-19-13(18)9-3-5-10(6-4-9)16-12(17)11-7-21-8-15(11)14(16)20/h3-6,11H,2,7-8H2,1H3/t11-/m1/s1. The van der Waals surface area contributed by atoms with Crippen LogP contribution in [0.1, 0.15) is 17.3 Å². The van der Waals surface area contributed by atoms with Crippen molar-refractivity contribution in [2.45, 2.75) is 13.0 Å². The Morgan fingerprint density at radius 3 is 2.76 bits per heavy atom. The van der Waals surface area contributed by atoms with Crippen molar-refractivity contribution in [3.05, 3.63) is 29.8 Å². The fourth-order valence-electron chi connectivity index (χ4n) is 2.41. The highest BCUT2D eigenvalue weighted by atomic mass is 32.2. The Bertz CT molecular complexity index is 581. The van der Waals surface area contributed by atoms with Gasteiger partial charge in [-0.1, -0.05) is 0 Å². The summed E-state index contributed by atoms with van der Waals surface area (Å²) in [6.45, 7) is 2.10.